The van der Waals surface area contributed by atoms with Gasteiger partial charge in [-0.15, -0.1) is 0 Å². The molecule has 0 unspecified atom stereocenters. The number of hydrogen-bond acceptors (Lipinski definition) is 1. The van der Waals surface area contributed by atoms with Crippen molar-refractivity contribution in [1.29, 1.82) is 0 Å². The van der Waals surface area contributed by atoms with Crippen molar-refractivity contribution in [2.24, 2.45) is 0 Å². The summed E-state index contributed by atoms with van der Waals surface area (Å²) in [5.41, 5.74) is 11.5. The summed E-state index contributed by atoms with van der Waals surface area (Å²) in [5.74, 6) is 0. The molecule has 0 bridgehead atoms. The van der Waals surface area contributed by atoms with Gasteiger partial charge in [0, 0.05) is 32.6 Å². The molecule has 14 aromatic carbocycles. The molecular formula is C68H39NO. The first-order valence-electron chi connectivity index (χ1n) is 24.2. The molecule has 16 aromatic rings. The summed E-state index contributed by atoms with van der Waals surface area (Å²) in [6.07, 6.45) is 0. The lowest BCUT2D eigenvalue weighted by atomic mass is 9.81. The van der Waals surface area contributed by atoms with E-state index in [9.17, 15) is 0 Å². The zero-order chi connectivity index (χ0) is 45.6. The van der Waals surface area contributed by atoms with Crippen LogP contribution in [0.2, 0.25) is 0 Å². The Hall–Kier alpha value is -9.24. The van der Waals surface area contributed by atoms with Gasteiger partial charge in [0.25, 0.3) is 0 Å². The second-order valence-electron chi connectivity index (χ2n) is 19.1. The highest BCUT2D eigenvalue weighted by atomic mass is 16.3. The molecular weight excluding hydrogens is 847 g/mol. The summed E-state index contributed by atoms with van der Waals surface area (Å²) < 4.78 is 6.74. The maximum absolute atomic E-state index is 6.74. The second kappa shape index (κ2) is 14.1. The van der Waals surface area contributed by atoms with Crippen LogP contribution in [0.4, 0.5) is 0 Å². The number of furan rings is 1. The smallest absolute Gasteiger partial charge is 0.136 e. The van der Waals surface area contributed by atoms with Crippen LogP contribution in [0, 0.1) is 0 Å². The zero-order valence-corrected chi connectivity index (χ0v) is 37.8. The molecule has 0 radical (unpaired) electrons. The van der Waals surface area contributed by atoms with Crippen LogP contribution >= 0.6 is 0 Å². The average Bonchev–Trinajstić information content (AvgIpc) is 3.97. The molecule has 0 amide bonds. The number of fused-ring (bicyclic) bond motifs is 17. The standard InChI is InChI=1S/C68H39NO/c1-2-16-40-36-62-58(33-39(40)15-1)57-34-41(29-31-61(57)69-62)65-47-21-7-11-25-51(47)67(52-26-12-8-22-48(52)65)68-53-27-13-9-23-49(53)66(50-24-10-14-28-54(50)68)42-30-32-63-59(35-42)60-37-55-45-19-5-3-17-43(45)44-18-4-6-20-46(44)56(55)38-64(60)70-63/h1-38,69H. The SMILES string of the molecule is c1ccc2cc3c(cc2c1)[nH]c1ccc(-c2c4ccccc4c(-c4c5ccccc5c(-c5ccc6oc7cc8c9ccccc9c9ccccc9c8cc7c6c5)c5ccccc45)c4ccccc24)cc13. The van der Waals surface area contributed by atoms with Gasteiger partial charge in [-0.2, -0.15) is 0 Å². The van der Waals surface area contributed by atoms with E-state index in [1.807, 2.05) is 0 Å². The second-order valence-corrected chi connectivity index (χ2v) is 19.1. The molecule has 1 N–H and O–H groups in total. The molecule has 0 spiro atoms. The monoisotopic (exact) mass is 885 g/mol. The largest absolute Gasteiger partial charge is 0.456 e. The molecule has 2 nitrogen and oxygen atoms in total. The minimum absolute atomic E-state index is 0.892. The van der Waals surface area contributed by atoms with Crippen LogP contribution in [0.25, 0.3) is 163 Å². The third-order valence-electron chi connectivity index (χ3n) is 15.5. The molecule has 0 atom stereocenters. The van der Waals surface area contributed by atoms with Crippen molar-refractivity contribution >= 4 is 130 Å². The van der Waals surface area contributed by atoms with Gasteiger partial charge in [-0.1, -0.05) is 182 Å². The Bertz CT molecular complexity index is 4840. The summed E-state index contributed by atoms with van der Waals surface area (Å²) >= 11 is 0. The quantitative estimate of drug-likeness (QED) is 0.139. The van der Waals surface area contributed by atoms with Crippen molar-refractivity contribution in [1.82, 2.24) is 4.98 Å². The maximum atomic E-state index is 6.74. The van der Waals surface area contributed by atoms with E-state index in [1.165, 1.54) is 130 Å². The lowest BCUT2D eigenvalue weighted by Gasteiger charge is -2.22. The first-order valence-corrected chi connectivity index (χ1v) is 24.2. The third kappa shape index (κ3) is 5.22. The Morgan fingerprint density at radius 2 is 0.586 bits per heavy atom. The van der Waals surface area contributed by atoms with E-state index in [4.69, 9.17) is 4.42 Å². The molecule has 16 rings (SSSR count). The minimum Gasteiger partial charge on any atom is -0.456 e. The number of aromatic amines is 1. The van der Waals surface area contributed by atoms with Gasteiger partial charge in [-0.05, 0) is 168 Å². The Kier molecular flexibility index (Phi) is 7.64. The molecule has 70 heavy (non-hydrogen) atoms. The minimum atomic E-state index is 0.892. The predicted octanol–water partition coefficient (Wildman–Crippen LogP) is 19.4. The number of nitrogens with one attached hydrogen (secondary N) is 1. The molecule has 322 valence electrons. The first kappa shape index (κ1) is 37.8. The normalized spacial score (nSPS) is 12.3. The van der Waals surface area contributed by atoms with E-state index in [2.05, 4.69) is 236 Å². The van der Waals surface area contributed by atoms with Crippen molar-refractivity contribution in [3.63, 3.8) is 0 Å². The summed E-state index contributed by atoms with van der Waals surface area (Å²) in [5, 5.41) is 24.6. The summed E-state index contributed by atoms with van der Waals surface area (Å²) in [4.78, 5) is 3.73. The number of hydrogen-bond donors (Lipinski definition) is 1. The molecule has 2 aromatic heterocycles. The van der Waals surface area contributed by atoms with Crippen molar-refractivity contribution in [2.45, 2.75) is 0 Å². The van der Waals surface area contributed by atoms with Gasteiger partial charge < -0.3 is 9.40 Å². The van der Waals surface area contributed by atoms with Gasteiger partial charge >= 0.3 is 0 Å². The topological polar surface area (TPSA) is 28.9 Å². The van der Waals surface area contributed by atoms with Crippen molar-refractivity contribution in [3.05, 3.63) is 231 Å². The van der Waals surface area contributed by atoms with Crippen LogP contribution in [0.5, 0.6) is 0 Å². The van der Waals surface area contributed by atoms with Crippen LogP contribution < -0.4 is 0 Å². The van der Waals surface area contributed by atoms with Gasteiger partial charge in [0.2, 0.25) is 0 Å². The molecule has 0 saturated heterocycles. The highest BCUT2D eigenvalue weighted by Gasteiger charge is 2.24. The van der Waals surface area contributed by atoms with Crippen LogP contribution in [0.1, 0.15) is 0 Å². The Balaban J connectivity index is 0.945. The Morgan fingerprint density at radius 1 is 0.214 bits per heavy atom. The van der Waals surface area contributed by atoms with E-state index >= 15 is 0 Å². The van der Waals surface area contributed by atoms with E-state index in [0.29, 0.717) is 0 Å². The van der Waals surface area contributed by atoms with Crippen LogP contribution in [-0.4, -0.2) is 4.98 Å². The fraction of sp³-hybridized carbons (Fsp3) is 0. The Morgan fingerprint density at radius 3 is 1.10 bits per heavy atom. The lowest BCUT2D eigenvalue weighted by molar-refractivity contribution is 0.669. The molecule has 0 aliphatic rings. The molecule has 0 aliphatic carbocycles. The Labute approximate surface area is 401 Å². The van der Waals surface area contributed by atoms with Crippen molar-refractivity contribution in [2.75, 3.05) is 0 Å². The highest BCUT2D eigenvalue weighted by Crippen LogP contribution is 2.51. The van der Waals surface area contributed by atoms with Gasteiger partial charge in [0.15, 0.2) is 0 Å². The van der Waals surface area contributed by atoms with Crippen LogP contribution in [0.3, 0.4) is 0 Å². The number of H-pyrrole nitrogens is 1. The molecule has 0 saturated carbocycles. The number of rotatable bonds is 3. The average molecular weight is 886 g/mol. The van der Waals surface area contributed by atoms with Gasteiger partial charge in [-0.3, -0.25) is 0 Å². The molecule has 2 heterocycles. The number of aromatic nitrogens is 1. The van der Waals surface area contributed by atoms with Crippen molar-refractivity contribution < 1.29 is 4.42 Å². The predicted molar refractivity (Wildman–Crippen MR) is 299 cm³/mol. The van der Waals surface area contributed by atoms with E-state index in [-0.39, 0.29) is 0 Å². The lowest BCUT2D eigenvalue weighted by Crippen LogP contribution is -1.94. The van der Waals surface area contributed by atoms with Gasteiger partial charge in [0.1, 0.15) is 11.2 Å². The summed E-state index contributed by atoms with van der Waals surface area (Å²) in [6.45, 7) is 0. The molecule has 2 heteroatoms. The van der Waals surface area contributed by atoms with Gasteiger partial charge in [-0.25, -0.2) is 0 Å². The zero-order valence-electron chi connectivity index (χ0n) is 37.8. The van der Waals surface area contributed by atoms with Gasteiger partial charge in [0.05, 0.1) is 0 Å². The van der Waals surface area contributed by atoms with Crippen LogP contribution in [-0.2, 0) is 0 Å². The maximum Gasteiger partial charge on any atom is 0.136 e. The van der Waals surface area contributed by atoms with Crippen LogP contribution in [0.15, 0.2) is 235 Å². The van der Waals surface area contributed by atoms with E-state index in [1.54, 1.807) is 0 Å². The van der Waals surface area contributed by atoms with Crippen molar-refractivity contribution in [3.8, 4) is 33.4 Å². The summed E-state index contributed by atoms with van der Waals surface area (Å²) in [6, 6.07) is 85.5. The highest BCUT2D eigenvalue weighted by molar-refractivity contribution is 6.32. The fourth-order valence-corrected chi connectivity index (χ4v) is 12.5. The van der Waals surface area contributed by atoms with E-state index < -0.39 is 0 Å². The fourth-order valence-electron chi connectivity index (χ4n) is 12.5. The first-order chi connectivity index (χ1) is 34.7. The molecule has 0 fully saturated rings. The third-order valence-corrected chi connectivity index (χ3v) is 15.5. The summed E-state index contributed by atoms with van der Waals surface area (Å²) in [7, 11) is 0. The molecule has 0 aliphatic heterocycles. The van der Waals surface area contributed by atoms with E-state index in [0.717, 1.165) is 33.0 Å². The number of benzene rings is 14.